The van der Waals surface area contributed by atoms with E-state index in [-0.39, 0.29) is 0 Å². The fourth-order valence-electron chi connectivity index (χ4n) is 0.809. The van der Waals surface area contributed by atoms with Crippen LogP contribution in [-0.4, -0.2) is 6.54 Å². The van der Waals surface area contributed by atoms with Crippen molar-refractivity contribution in [2.24, 2.45) is 0 Å². The first kappa shape index (κ1) is 7.63. The predicted octanol–water partition coefficient (Wildman–Crippen LogP) is 2.25. The van der Waals surface area contributed by atoms with Gasteiger partial charge >= 0.3 is 0 Å². The minimum atomic E-state index is 0.938. The zero-order chi connectivity index (χ0) is 7.40. The monoisotopic (exact) mass is 153 g/mol. The molecule has 0 atom stereocenters. The minimum absolute atomic E-state index is 0.938. The van der Waals surface area contributed by atoms with Crippen LogP contribution in [-0.2, 0) is 0 Å². The molecule has 0 fully saturated rings. The van der Waals surface area contributed by atoms with Gasteiger partial charge in [0.2, 0.25) is 0 Å². The largest absolute Gasteiger partial charge is 0.255 e. The summed E-state index contributed by atoms with van der Waals surface area (Å²) in [4.78, 5) is 1.29. The highest BCUT2D eigenvalue weighted by Gasteiger charge is 2.07. The molecule has 0 aliphatic carbocycles. The Labute approximate surface area is 66.0 Å². The highest BCUT2D eigenvalue weighted by molar-refractivity contribution is 8.01. The summed E-state index contributed by atoms with van der Waals surface area (Å²) in [5, 5.41) is 0. The third-order valence-electron chi connectivity index (χ3n) is 1.33. The summed E-state index contributed by atoms with van der Waals surface area (Å²) in [7, 11) is 0. The first-order valence-corrected chi connectivity index (χ1v) is 4.08. The van der Waals surface area contributed by atoms with E-state index < -0.39 is 0 Å². The topological polar surface area (TPSA) is 12.0 Å². The lowest BCUT2D eigenvalue weighted by Gasteiger charge is -1.90. The van der Waals surface area contributed by atoms with Crippen molar-refractivity contribution in [2.45, 2.75) is 6.92 Å². The standard InChI is InChI=1S/C8H11NS/c1-3-5-8-7(4-2)6-9-10-8/h3-5,9H,2,6H2,1H3/b5-3-. The first-order chi connectivity index (χ1) is 4.88. The van der Waals surface area contributed by atoms with Crippen molar-refractivity contribution in [3.05, 3.63) is 35.3 Å². The molecule has 1 aliphatic rings. The van der Waals surface area contributed by atoms with Crippen molar-refractivity contribution in [3.63, 3.8) is 0 Å². The lowest BCUT2D eigenvalue weighted by Crippen LogP contribution is -1.97. The summed E-state index contributed by atoms with van der Waals surface area (Å²) < 4.78 is 3.18. The van der Waals surface area contributed by atoms with Crippen molar-refractivity contribution >= 4 is 11.9 Å². The zero-order valence-corrected chi connectivity index (χ0v) is 6.87. The Hall–Kier alpha value is -0.470. The molecule has 0 bridgehead atoms. The first-order valence-electron chi connectivity index (χ1n) is 3.26. The molecule has 0 aromatic heterocycles. The normalized spacial score (nSPS) is 18.9. The van der Waals surface area contributed by atoms with Gasteiger partial charge in [-0.1, -0.05) is 24.8 Å². The molecular formula is C8H11NS. The van der Waals surface area contributed by atoms with E-state index in [1.54, 1.807) is 11.9 Å². The van der Waals surface area contributed by atoms with Crippen LogP contribution in [0.3, 0.4) is 0 Å². The molecule has 54 valence electrons. The van der Waals surface area contributed by atoms with Gasteiger partial charge in [0.05, 0.1) is 0 Å². The Morgan fingerprint density at radius 1 is 1.70 bits per heavy atom. The Morgan fingerprint density at radius 2 is 2.50 bits per heavy atom. The van der Waals surface area contributed by atoms with Gasteiger partial charge in [-0.25, -0.2) is 0 Å². The molecule has 0 amide bonds. The second kappa shape index (κ2) is 3.64. The van der Waals surface area contributed by atoms with Crippen LogP contribution in [0.5, 0.6) is 0 Å². The van der Waals surface area contributed by atoms with Gasteiger partial charge in [0, 0.05) is 11.4 Å². The zero-order valence-electron chi connectivity index (χ0n) is 6.05. The summed E-state index contributed by atoms with van der Waals surface area (Å²) in [6.45, 7) is 6.69. The molecule has 2 heteroatoms. The molecule has 0 aromatic rings. The van der Waals surface area contributed by atoms with Crippen LogP contribution in [0.25, 0.3) is 0 Å². The van der Waals surface area contributed by atoms with E-state index >= 15 is 0 Å². The molecule has 0 spiro atoms. The Morgan fingerprint density at radius 3 is 3.10 bits per heavy atom. The molecule has 1 aliphatic heterocycles. The molecule has 0 saturated heterocycles. The quantitative estimate of drug-likeness (QED) is 0.611. The Bertz CT molecular complexity index is 191. The number of hydrogen-bond acceptors (Lipinski definition) is 2. The average molecular weight is 153 g/mol. The predicted molar refractivity (Wildman–Crippen MR) is 47.6 cm³/mol. The van der Waals surface area contributed by atoms with E-state index in [2.05, 4.69) is 17.4 Å². The molecule has 1 nitrogen and oxygen atoms in total. The van der Waals surface area contributed by atoms with E-state index in [1.807, 2.05) is 19.1 Å². The van der Waals surface area contributed by atoms with E-state index in [0.29, 0.717) is 0 Å². The third kappa shape index (κ3) is 1.52. The molecule has 1 heterocycles. The fourth-order valence-corrected chi connectivity index (χ4v) is 1.68. The maximum Gasteiger partial charge on any atom is 0.0324 e. The molecule has 1 N–H and O–H groups in total. The highest BCUT2D eigenvalue weighted by atomic mass is 32.2. The number of allylic oxidation sites excluding steroid dienone is 2. The fraction of sp³-hybridized carbons (Fsp3) is 0.250. The lowest BCUT2D eigenvalue weighted by atomic mass is 10.2. The van der Waals surface area contributed by atoms with E-state index in [4.69, 9.17) is 0 Å². The SMILES string of the molecule is C=CC1=C(/C=C\C)SNC1. The smallest absolute Gasteiger partial charge is 0.0324 e. The number of nitrogens with one attached hydrogen (secondary N) is 1. The second-order valence-corrected chi connectivity index (χ2v) is 2.95. The van der Waals surface area contributed by atoms with Crippen LogP contribution in [0, 0.1) is 0 Å². The van der Waals surface area contributed by atoms with Crippen LogP contribution < -0.4 is 4.72 Å². The molecule has 10 heavy (non-hydrogen) atoms. The van der Waals surface area contributed by atoms with Gasteiger partial charge in [-0.15, -0.1) is 0 Å². The van der Waals surface area contributed by atoms with Crippen LogP contribution in [0.4, 0.5) is 0 Å². The van der Waals surface area contributed by atoms with Crippen molar-refractivity contribution in [2.75, 3.05) is 6.54 Å². The second-order valence-electron chi connectivity index (χ2n) is 2.02. The Kier molecular flexibility index (Phi) is 2.78. The summed E-state index contributed by atoms with van der Waals surface area (Å²) in [5.41, 5.74) is 1.29. The van der Waals surface area contributed by atoms with Gasteiger partial charge in [-0.3, -0.25) is 4.72 Å². The van der Waals surface area contributed by atoms with Gasteiger partial charge < -0.3 is 0 Å². The molecule has 0 radical (unpaired) electrons. The van der Waals surface area contributed by atoms with Gasteiger partial charge in [0.1, 0.15) is 0 Å². The van der Waals surface area contributed by atoms with E-state index in [1.165, 1.54) is 10.5 Å². The van der Waals surface area contributed by atoms with Crippen molar-refractivity contribution < 1.29 is 0 Å². The van der Waals surface area contributed by atoms with Gasteiger partial charge in [0.15, 0.2) is 0 Å². The third-order valence-corrected chi connectivity index (χ3v) is 2.23. The summed E-state index contributed by atoms with van der Waals surface area (Å²) in [6, 6.07) is 0. The molecule has 0 unspecified atom stereocenters. The Balaban J connectivity index is 2.77. The maximum atomic E-state index is 3.73. The number of hydrogen-bond donors (Lipinski definition) is 1. The van der Waals surface area contributed by atoms with Crippen LogP contribution in [0.1, 0.15) is 6.92 Å². The van der Waals surface area contributed by atoms with Gasteiger partial charge in [-0.2, -0.15) is 0 Å². The molecule has 0 saturated carbocycles. The molecular weight excluding hydrogens is 142 g/mol. The van der Waals surface area contributed by atoms with Crippen LogP contribution >= 0.6 is 11.9 Å². The van der Waals surface area contributed by atoms with Gasteiger partial charge in [0.25, 0.3) is 0 Å². The summed E-state index contributed by atoms with van der Waals surface area (Å²) >= 11 is 1.67. The van der Waals surface area contributed by atoms with Crippen LogP contribution in [0.15, 0.2) is 35.3 Å². The summed E-state index contributed by atoms with van der Waals surface area (Å²) in [6.07, 6.45) is 6.04. The average Bonchev–Trinajstić information content (AvgIpc) is 2.36. The van der Waals surface area contributed by atoms with E-state index in [0.717, 1.165) is 6.54 Å². The van der Waals surface area contributed by atoms with Crippen molar-refractivity contribution in [1.82, 2.24) is 4.72 Å². The van der Waals surface area contributed by atoms with Crippen LogP contribution in [0.2, 0.25) is 0 Å². The van der Waals surface area contributed by atoms with Crippen molar-refractivity contribution in [1.29, 1.82) is 0 Å². The van der Waals surface area contributed by atoms with Crippen molar-refractivity contribution in [3.8, 4) is 0 Å². The maximum absolute atomic E-state index is 3.73. The van der Waals surface area contributed by atoms with Gasteiger partial charge in [-0.05, 0) is 24.4 Å². The highest BCUT2D eigenvalue weighted by Crippen LogP contribution is 2.24. The molecule has 1 rings (SSSR count). The van der Waals surface area contributed by atoms with E-state index in [9.17, 15) is 0 Å². The molecule has 0 aromatic carbocycles. The summed E-state index contributed by atoms with van der Waals surface area (Å²) in [5.74, 6) is 0. The number of rotatable bonds is 2. The lowest BCUT2D eigenvalue weighted by molar-refractivity contribution is 1.11. The minimum Gasteiger partial charge on any atom is -0.255 e.